The predicted molar refractivity (Wildman–Crippen MR) is 73.7 cm³/mol. The lowest BCUT2D eigenvalue weighted by Crippen LogP contribution is -2.56. The van der Waals surface area contributed by atoms with E-state index in [1.54, 1.807) is 0 Å². The Morgan fingerprint density at radius 2 is 1.95 bits per heavy atom. The summed E-state index contributed by atoms with van der Waals surface area (Å²) in [5.41, 5.74) is 0. The van der Waals surface area contributed by atoms with Crippen molar-refractivity contribution >= 4 is 5.91 Å². The summed E-state index contributed by atoms with van der Waals surface area (Å²) in [7, 11) is 0. The van der Waals surface area contributed by atoms with Gasteiger partial charge in [0.1, 0.15) is 0 Å². The van der Waals surface area contributed by atoms with Crippen molar-refractivity contribution in [2.45, 2.75) is 69.5 Å². The van der Waals surface area contributed by atoms with Gasteiger partial charge in [0, 0.05) is 12.6 Å². The minimum atomic E-state index is 0.00602. The summed E-state index contributed by atoms with van der Waals surface area (Å²) in [5, 5.41) is 13.0. The molecule has 2 aliphatic heterocycles. The molecule has 1 aliphatic carbocycles. The molecular formula is C15H26N2O2. The number of nitrogens with zero attached hydrogens (tertiary/aromatic N) is 1. The minimum absolute atomic E-state index is 0.00602. The van der Waals surface area contributed by atoms with Gasteiger partial charge < -0.3 is 15.3 Å². The maximum atomic E-state index is 12.6. The van der Waals surface area contributed by atoms with E-state index in [2.05, 4.69) is 5.32 Å². The lowest BCUT2D eigenvalue weighted by Gasteiger charge is -2.41. The average molecular weight is 266 g/mol. The van der Waals surface area contributed by atoms with Crippen molar-refractivity contribution in [1.82, 2.24) is 10.2 Å². The van der Waals surface area contributed by atoms with Gasteiger partial charge in [-0.05, 0) is 44.4 Å². The first-order valence-electron chi connectivity index (χ1n) is 7.97. The molecule has 0 radical (unpaired) electrons. The Morgan fingerprint density at radius 3 is 2.79 bits per heavy atom. The van der Waals surface area contributed by atoms with Crippen LogP contribution in [0.4, 0.5) is 0 Å². The third kappa shape index (κ3) is 2.65. The monoisotopic (exact) mass is 266 g/mol. The van der Waals surface area contributed by atoms with Crippen LogP contribution in [0.3, 0.4) is 0 Å². The molecule has 0 aromatic carbocycles. The normalized spacial score (nSPS) is 39.1. The van der Waals surface area contributed by atoms with Crippen molar-refractivity contribution in [3.63, 3.8) is 0 Å². The highest BCUT2D eigenvalue weighted by atomic mass is 16.3. The Labute approximate surface area is 115 Å². The number of piperidine rings is 1. The number of hydrogen-bond donors (Lipinski definition) is 2. The zero-order chi connectivity index (χ0) is 13.2. The molecule has 3 unspecified atom stereocenters. The van der Waals surface area contributed by atoms with Gasteiger partial charge in [0.15, 0.2) is 0 Å². The fourth-order valence-corrected chi connectivity index (χ4v) is 4.21. The summed E-state index contributed by atoms with van der Waals surface area (Å²) in [5.74, 6) is 1.03. The van der Waals surface area contributed by atoms with Crippen LogP contribution in [0.15, 0.2) is 0 Å². The van der Waals surface area contributed by atoms with Gasteiger partial charge in [0.2, 0.25) is 5.91 Å². The van der Waals surface area contributed by atoms with Gasteiger partial charge in [-0.3, -0.25) is 4.79 Å². The number of likely N-dealkylation sites (tertiary alicyclic amines) is 1. The minimum Gasteiger partial charge on any atom is -0.394 e. The van der Waals surface area contributed by atoms with Crippen LogP contribution in [-0.4, -0.2) is 47.2 Å². The van der Waals surface area contributed by atoms with Crippen LogP contribution in [0.1, 0.15) is 51.4 Å². The highest BCUT2D eigenvalue weighted by molar-refractivity contribution is 5.82. The van der Waals surface area contributed by atoms with E-state index in [4.69, 9.17) is 0 Å². The standard InChI is InChI=1S/C15H26N2O2/c18-10-12-5-3-9-17(12)15(19)14-8-7-11-4-1-2-6-13(11)16-14/h11-14,16,18H,1-10H2/t11?,12-,13?,14?/m1/s1. The molecule has 4 atom stereocenters. The second-order valence-electron chi connectivity index (χ2n) is 6.46. The number of carbonyl (C=O) groups excluding carboxylic acids is 1. The van der Waals surface area contributed by atoms with Gasteiger partial charge in [-0.25, -0.2) is 0 Å². The number of hydrogen-bond acceptors (Lipinski definition) is 3. The predicted octanol–water partition coefficient (Wildman–Crippen LogP) is 1.28. The molecule has 4 nitrogen and oxygen atoms in total. The topological polar surface area (TPSA) is 52.6 Å². The van der Waals surface area contributed by atoms with Crippen LogP contribution >= 0.6 is 0 Å². The van der Waals surface area contributed by atoms with Gasteiger partial charge in [0.25, 0.3) is 0 Å². The molecule has 2 heterocycles. The first-order chi connectivity index (χ1) is 9.29. The molecule has 19 heavy (non-hydrogen) atoms. The molecule has 1 saturated carbocycles. The van der Waals surface area contributed by atoms with Crippen molar-refractivity contribution in [3.05, 3.63) is 0 Å². The molecule has 3 aliphatic rings. The van der Waals surface area contributed by atoms with Gasteiger partial charge in [-0.2, -0.15) is 0 Å². The number of aliphatic hydroxyl groups is 1. The van der Waals surface area contributed by atoms with E-state index in [1.807, 2.05) is 4.90 Å². The molecule has 0 spiro atoms. The zero-order valence-corrected chi connectivity index (χ0v) is 11.7. The van der Waals surface area contributed by atoms with E-state index in [0.717, 1.165) is 31.7 Å². The molecule has 0 aromatic rings. The van der Waals surface area contributed by atoms with Gasteiger partial charge in [-0.1, -0.05) is 12.8 Å². The van der Waals surface area contributed by atoms with Crippen molar-refractivity contribution < 1.29 is 9.90 Å². The number of carbonyl (C=O) groups is 1. The third-order valence-electron chi connectivity index (χ3n) is 5.32. The van der Waals surface area contributed by atoms with Crippen LogP contribution in [-0.2, 0) is 4.79 Å². The maximum absolute atomic E-state index is 12.6. The largest absolute Gasteiger partial charge is 0.394 e. The quantitative estimate of drug-likeness (QED) is 0.791. The maximum Gasteiger partial charge on any atom is 0.240 e. The summed E-state index contributed by atoms with van der Waals surface area (Å²) in [6.45, 7) is 0.945. The van der Waals surface area contributed by atoms with E-state index in [0.29, 0.717) is 6.04 Å². The molecule has 3 fully saturated rings. The van der Waals surface area contributed by atoms with Crippen molar-refractivity contribution in [2.24, 2.45) is 5.92 Å². The second-order valence-corrected chi connectivity index (χ2v) is 6.46. The summed E-state index contributed by atoms with van der Waals surface area (Å²) in [4.78, 5) is 14.5. The second kappa shape index (κ2) is 5.80. The molecule has 2 saturated heterocycles. The van der Waals surface area contributed by atoms with E-state index in [1.165, 1.54) is 32.1 Å². The van der Waals surface area contributed by atoms with Crippen LogP contribution in [0.25, 0.3) is 0 Å². The molecule has 0 aromatic heterocycles. The molecule has 1 amide bonds. The third-order valence-corrected chi connectivity index (χ3v) is 5.32. The SMILES string of the molecule is O=C(C1CCC2CCCCC2N1)N1CCC[C@@H]1CO. The molecule has 108 valence electrons. The number of rotatable bonds is 2. The highest BCUT2D eigenvalue weighted by Crippen LogP contribution is 2.33. The highest BCUT2D eigenvalue weighted by Gasteiger charge is 2.38. The molecule has 0 bridgehead atoms. The molecule has 4 heteroatoms. The number of fused-ring (bicyclic) bond motifs is 1. The molecule has 3 rings (SSSR count). The van der Waals surface area contributed by atoms with Crippen molar-refractivity contribution in [1.29, 1.82) is 0 Å². The van der Waals surface area contributed by atoms with Gasteiger partial charge in [0.05, 0.1) is 18.7 Å². The summed E-state index contributed by atoms with van der Waals surface area (Å²) < 4.78 is 0. The Hall–Kier alpha value is -0.610. The lowest BCUT2D eigenvalue weighted by molar-refractivity contribution is -0.136. The summed E-state index contributed by atoms with van der Waals surface area (Å²) in [6, 6.07) is 0.636. The Kier molecular flexibility index (Phi) is 4.08. The number of amides is 1. The van der Waals surface area contributed by atoms with E-state index in [-0.39, 0.29) is 24.6 Å². The number of nitrogens with one attached hydrogen (secondary N) is 1. The average Bonchev–Trinajstić information content (AvgIpc) is 2.94. The van der Waals surface area contributed by atoms with E-state index in [9.17, 15) is 9.90 Å². The van der Waals surface area contributed by atoms with Crippen LogP contribution in [0.2, 0.25) is 0 Å². The number of aliphatic hydroxyl groups excluding tert-OH is 1. The fourth-order valence-electron chi connectivity index (χ4n) is 4.21. The van der Waals surface area contributed by atoms with Crippen LogP contribution < -0.4 is 5.32 Å². The van der Waals surface area contributed by atoms with Crippen LogP contribution in [0.5, 0.6) is 0 Å². The van der Waals surface area contributed by atoms with Crippen molar-refractivity contribution in [3.8, 4) is 0 Å². The Balaban J connectivity index is 1.61. The van der Waals surface area contributed by atoms with Crippen LogP contribution in [0, 0.1) is 5.92 Å². The summed E-state index contributed by atoms with van der Waals surface area (Å²) >= 11 is 0. The molecule has 2 N–H and O–H groups in total. The zero-order valence-electron chi connectivity index (χ0n) is 11.7. The first-order valence-corrected chi connectivity index (χ1v) is 7.97. The lowest BCUT2D eigenvalue weighted by atomic mass is 9.77. The Bertz CT molecular complexity index is 334. The first kappa shape index (κ1) is 13.4. The van der Waals surface area contributed by atoms with Gasteiger partial charge in [-0.15, -0.1) is 0 Å². The fraction of sp³-hybridized carbons (Fsp3) is 0.933. The van der Waals surface area contributed by atoms with Gasteiger partial charge >= 0.3 is 0 Å². The van der Waals surface area contributed by atoms with Crippen molar-refractivity contribution in [2.75, 3.05) is 13.2 Å². The van der Waals surface area contributed by atoms with E-state index < -0.39 is 0 Å². The van der Waals surface area contributed by atoms with E-state index >= 15 is 0 Å². The molecular weight excluding hydrogens is 240 g/mol. The summed E-state index contributed by atoms with van der Waals surface area (Å²) in [6.07, 6.45) is 9.41. The Morgan fingerprint density at radius 1 is 1.11 bits per heavy atom. The smallest absolute Gasteiger partial charge is 0.240 e.